The maximum atomic E-state index is 11.2. The average molecular weight is 315 g/mol. The van der Waals surface area contributed by atoms with E-state index in [1.807, 2.05) is 18.2 Å². The first-order valence-electron chi connectivity index (χ1n) is 4.86. The molecule has 0 saturated heterocycles. The zero-order chi connectivity index (χ0) is 12.4. The highest BCUT2D eigenvalue weighted by atomic mass is 79.9. The van der Waals surface area contributed by atoms with Crippen molar-refractivity contribution in [2.45, 2.75) is 10.9 Å². The third kappa shape index (κ3) is 2.73. The van der Waals surface area contributed by atoms with Crippen LogP contribution in [0.2, 0.25) is 0 Å². The molecule has 0 unspecified atom stereocenters. The summed E-state index contributed by atoms with van der Waals surface area (Å²) in [6.07, 6.45) is 0. The van der Waals surface area contributed by atoms with Crippen molar-refractivity contribution in [1.82, 2.24) is 14.8 Å². The van der Waals surface area contributed by atoms with Gasteiger partial charge in [-0.1, -0.05) is 17.8 Å². The second kappa shape index (κ2) is 4.97. The molecule has 0 aliphatic carbocycles. The minimum absolute atomic E-state index is 0.206. The van der Waals surface area contributed by atoms with Crippen LogP contribution in [0.1, 0.15) is 5.56 Å². The zero-order valence-electron chi connectivity index (χ0n) is 9.11. The van der Waals surface area contributed by atoms with Gasteiger partial charge in [-0.25, -0.2) is 9.89 Å². The summed E-state index contributed by atoms with van der Waals surface area (Å²) in [7, 11) is 1.68. The van der Waals surface area contributed by atoms with E-state index in [1.54, 1.807) is 7.05 Å². The normalized spacial score (nSPS) is 10.7. The Morgan fingerprint density at radius 1 is 1.59 bits per heavy atom. The Morgan fingerprint density at radius 2 is 2.35 bits per heavy atom. The Morgan fingerprint density at radius 3 is 2.94 bits per heavy atom. The van der Waals surface area contributed by atoms with Gasteiger partial charge in [0.15, 0.2) is 5.16 Å². The van der Waals surface area contributed by atoms with Crippen LogP contribution in [0.15, 0.2) is 32.6 Å². The molecule has 17 heavy (non-hydrogen) atoms. The number of benzene rings is 1. The van der Waals surface area contributed by atoms with E-state index in [4.69, 9.17) is 5.73 Å². The number of nitrogens with one attached hydrogen (secondary N) is 1. The molecule has 1 aromatic heterocycles. The molecule has 0 saturated carbocycles. The first-order valence-corrected chi connectivity index (χ1v) is 6.64. The summed E-state index contributed by atoms with van der Waals surface area (Å²) in [5.74, 6) is 0.718. The first-order chi connectivity index (χ1) is 8.08. The number of aromatic nitrogens is 3. The Bertz CT molecular complexity index is 592. The summed E-state index contributed by atoms with van der Waals surface area (Å²) in [4.78, 5) is 11.2. The number of nitrogens with zero attached hydrogens (tertiary/aromatic N) is 2. The lowest BCUT2D eigenvalue weighted by Gasteiger charge is -2.03. The Balaban J connectivity index is 2.10. The molecule has 1 heterocycles. The molecular formula is C10H11BrN4OS. The molecule has 2 rings (SSSR count). The third-order valence-electron chi connectivity index (χ3n) is 2.27. The average Bonchev–Trinajstić information content (AvgIpc) is 2.62. The van der Waals surface area contributed by atoms with Crippen LogP contribution in [0.25, 0.3) is 0 Å². The first kappa shape index (κ1) is 12.3. The summed E-state index contributed by atoms with van der Waals surface area (Å²) in [5, 5.41) is 6.98. The summed E-state index contributed by atoms with van der Waals surface area (Å²) >= 11 is 4.83. The van der Waals surface area contributed by atoms with Crippen LogP contribution in [0, 0.1) is 0 Å². The van der Waals surface area contributed by atoms with Crippen molar-refractivity contribution in [2.24, 2.45) is 7.05 Å². The third-order valence-corrected chi connectivity index (χ3v) is 4.09. The van der Waals surface area contributed by atoms with Crippen molar-refractivity contribution in [1.29, 1.82) is 0 Å². The molecule has 90 valence electrons. The number of H-pyrrole nitrogens is 1. The molecule has 7 heteroatoms. The van der Waals surface area contributed by atoms with E-state index in [0.29, 0.717) is 10.8 Å². The van der Waals surface area contributed by atoms with Gasteiger partial charge in [0.2, 0.25) is 0 Å². The standard InChI is InChI=1S/C10H11BrN4OS/c1-15-9(16)13-14-10(15)17-5-6-2-3-7(11)8(12)4-6/h2-4H,5,12H2,1H3,(H,13,16). The van der Waals surface area contributed by atoms with Crippen LogP contribution >= 0.6 is 27.7 Å². The molecule has 0 fully saturated rings. The molecule has 0 radical (unpaired) electrons. The highest BCUT2D eigenvalue weighted by Crippen LogP contribution is 2.24. The van der Waals surface area contributed by atoms with Gasteiger partial charge in [0.05, 0.1) is 0 Å². The molecule has 0 aliphatic heterocycles. The Labute approximate surface area is 111 Å². The van der Waals surface area contributed by atoms with Gasteiger partial charge in [-0.3, -0.25) is 4.57 Å². The molecule has 2 aromatic rings. The number of halogens is 1. The number of aromatic amines is 1. The van der Waals surface area contributed by atoms with Crippen LogP contribution < -0.4 is 11.4 Å². The fraction of sp³-hybridized carbons (Fsp3) is 0.200. The number of anilines is 1. The number of nitrogen functional groups attached to an aromatic ring is 1. The summed E-state index contributed by atoms with van der Waals surface area (Å²) in [5.41, 5.74) is 7.38. The number of hydrogen-bond donors (Lipinski definition) is 2. The van der Waals surface area contributed by atoms with E-state index in [9.17, 15) is 4.79 Å². The van der Waals surface area contributed by atoms with Crippen molar-refractivity contribution in [3.8, 4) is 0 Å². The van der Waals surface area contributed by atoms with Crippen molar-refractivity contribution in [3.05, 3.63) is 38.7 Å². The molecule has 0 spiro atoms. The fourth-order valence-corrected chi connectivity index (χ4v) is 2.40. The maximum Gasteiger partial charge on any atom is 0.343 e. The Kier molecular flexibility index (Phi) is 3.58. The topological polar surface area (TPSA) is 76.7 Å². The Hall–Kier alpha value is -1.21. The van der Waals surface area contributed by atoms with Gasteiger partial charge >= 0.3 is 5.69 Å². The van der Waals surface area contributed by atoms with Gasteiger partial charge in [0.1, 0.15) is 0 Å². The highest BCUT2D eigenvalue weighted by Gasteiger charge is 2.05. The maximum absolute atomic E-state index is 11.2. The van der Waals surface area contributed by atoms with Gasteiger partial charge in [0, 0.05) is 23.0 Å². The lowest BCUT2D eigenvalue weighted by Crippen LogP contribution is -2.12. The highest BCUT2D eigenvalue weighted by molar-refractivity contribution is 9.10. The van der Waals surface area contributed by atoms with Crippen LogP contribution in [-0.4, -0.2) is 14.8 Å². The van der Waals surface area contributed by atoms with Crippen molar-refractivity contribution in [3.63, 3.8) is 0 Å². The van der Waals surface area contributed by atoms with Crippen molar-refractivity contribution in [2.75, 3.05) is 5.73 Å². The molecule has 0 amide bonds. The van der Waals surface area contributed by atoms with Crippen LogP contribution in [-0.2, 0) is 12.8 Å². The van der Waals surface area contributed by atoms with Crippen LogP contribution in [0.4, 0.5) is 5.69 Å². The minimum atomic E-state index is -0.206. The van der Waals surface area contributed by atoms with E-state index in [0.717, 1.165) is 15.8 Å². The smallest absolute Gasteiger partial charge is 0.343 e. The number of hydrogen-bond acceptors (Lipinski definition) is 4. The number of rotatable bonds is 3. The van der Waals surface area contributed by atoms with Gasteiger partial charge in [0.25, 0.3) is 0 Å². The minimum Gasteiger partial charge on any atom is -0.398 e. The van der Waals surface area contributed by atoms with Gasteiger partial charge in [-0.05, 0) is 33.6 Å². The lowest BCUT2D eigenvalue weighted by atomic mass is 10.2. The zero-order valence-corrected chi connectivity index (χ0v) is 11.5. The van der Waals surface area contributed by atoms with E-state index < -0.39 is 0 Å². The predicted molar refractivity (Wildman–Crippen MR) is 71.9 cm³/mol. The van der Waals surface area contributed by atoms with Crippen LogP contribution in [0.5, 0.6) is 0 Å². The number of thioether (sulfide) groups is 1. The quantitative estimate of drug-likeness (QED) is 0.668. The van der Waals surface area contributed by atoms with Gasteiger partial charge in [-0.15, -0.1) is 5.10 Å². The van der Waals surface area contributed by atoms with Gasteiger partial charge in [-0.2, -0.15) is 0 Å². The van der Waals surface area contributed by atoms with E-state index >= 15 is 0 Å². The largest absolute Gasteiger partial charge is 0.398 e. The molecule has 0 aliphatic rings. The van der Waals surface area contributed by atoms with Crippen molar-refractivity contribution >= 4 is 33.4 Å². The van der Waals surface area contributed by atoms with E-state index in [-0.39, 0.29) is 5.69 Å². The van der Waals surface area contributed by atoms with Crippen LogP contribution in [0.3, 0.4) is 0 Å². The molecule has 1 aromatic carbocycles. The predicted octanol–water partition coefficient (Wildman–Crippen LogP) is 1.75. The van der Waals surface area contributed by atoms with Gasteiger partial charge < -0.3 is 5.73 Å². The molecule has 0 bridgehead atoms. The number of nitrogens with two attached hydrogens (primary N) is 1. The molecule has 0 atom stereocenters. The second-order valence-electron chi connectivity index (χ2n) is 3.51. The monoisotopic (exact) mass is 314 g/mol. The summed E-state index contributed by atoms with van der Waals surface area (Å²) < 4.78 is 2.37. The summed E-state index contributed by atoms with van der Waals surface area (Å²) in [6, 6.07) is 5.80. The molecule has 3 N–H and O–H groups in total. The molecule has 5 nitrogen and oxygen atoms in total. The van der Waals surface area contributed by atoms with E-state index in [1.165, 1.54) is 16.3 Å². The SMILES string of the molecule is Cn1c(SCc2ccc(Br)c(N)c2)n[nH]c1=O. The van der Waals surface area contributed by atoms with Crippen molar-refractivity contribution < 1.29 is 0 Å². The van der Waals surface area contributed by atoms with E-state index in [2.05, 4.69) is 26.1 Å². The summed E-state index contributed by atoms with van der Waals surface area (Å²) in [6.45, 7) is 0. The fourth-order valence-electron chi connectivity index (χ4n) is 1.29. The molecular weight excluding hydrogens is 304 g/mol. The lowest BCUT2D eigenvalue weighted by molar-refractivity contribution is 0.766. The second-order valence-corrected chi connectivity index (χ2v) is 5.31.